The number of carbonyl (C=O) groups is 1. The minimum Gasteiger partial charge on any atom is -0.356 e. The molecule has 34 heavy (non-hydrogen) atoms. The average molecular weight is 471 g/mol. The molecular formula is C23H24F3N7O. The zero-order valence-corrected chi connectivity index (χ0v) is 18.6. The summed E-state index contributed by atoms with van der Waals surface area (Å²) in [5, 5.41) is 7.08. The van der Waals surface area contributed by atoms with E-state index in [9.17, 15) is 18.0 Å². The molecule has 1 N–H and O–H groups in total. The predicted molar refractivity (Wildman–Crippen MR) is 116 cm³/mol. The number of pyridine rings is 1. The maximum atomic E-state index is 13.8. The highest BCUT2D eigenvalue weighted by molar-refractivity contribution is 5.94. The van der Waals surface area contributed by atoms with Crippen molar-refractivity contribution in [3.63, 3.8) is 0 Å². The normalized spacial score (nSPS) is 23.2. The van der Waals surface area contributed by atoms with Gasteiger partial charge in [-0.1, -0.05) is 0 Å². The van der Waals surface area contributed by atoms with E-state index in [2.05, 4.69) is 20.4 Å². The van der Waals surface area contributed by atoms with Crippen molar-refractivity contribution in [2.75, 3.05) is 18.0 Å². The van der Waals surface area contributed by atoms with Gasteiger partial charge < -0.3 is 14.8 Å². The van der Waals surface area contributed by atoms with E-state index in [0.29, 0.717) is 23.2 Å². The number of anilines is 1. The summed E-state index contributed by atoms with van der Waals surface area (Å²) in [5.41, 5.74) is 1.55. The number of aromatic nitrogens is 5. The van der Waals surface area contributed by atoms with Crippen LogP contribution >= 0.6 is 0 Å². The van der Waals surface area contributed by atoms with Gasteiger partial charge in [-0.3, -0.25) is 9.48 Å². The molecule has 1 aliphatic heterocycles. The summed E-state index contributed by atoms with van der Waals surface area (Å²) >= 11 is 0. The zero-order chi connectivity index (χ0) is 23.6. The van der Waals surface area contributed by atoms with Crippen molar-refractivity contribution in [3.8, 4) is 0 Å². The molecule has 1 amide bonds. The molecule has 0 radical (unpaired) electrons. The van der Waals surface area contributed by atoms with Crippen molar-refractivity contribution in [1.29, 1.82) is 0 Å². The van der Waals surface area contributed by atoms with Crippen LogP contribution in [0.15, 0.2) is 31.0 Å². The maximum Gasteiger partial charge on any atom is 0.416 e. The second kappa shape index (κ2) is 7.57. The number of nitrogens with zero attached hydrogens (tertiary/aromatic N) is 6. The number of alkyl halides is 3. The summed E-state index contributed by atoms with van der Waals surface area (Å²) in [6.07, 6.45) is 4.10. The Morgan fingerprint density at radius 3 is 2.76 bits per heavy atom. The number of aryl methyl sites for hydroxylation is 1. The van der Waals surface area contributed by atoms with E-state index in [-0.39, 0.29) is 24.1 Å². The van der Waals surface area contributed by atoms with Crippen molar-refractivity contribution in [2.24, 2.45) is 18.9 Å². The predicted octanol–water partition coefficient (Wildman–Crippen LogP) is 2.95. The summed E-state index contributed by atoms with van der Waals surface area (Å²) in [5.74, 6) is 1.23. The van der Waals surface area contributed by atoms with Gasteiger partial charge in [0.15, 0.2) is 0 Å². The van der Waals surface area contributed by atoms with Crippen molar-refractivity contribution in [1.82, 2.24) is 29.6 Å². The van der Waals surface area contributed by atoms with E-state index < -0.39 is 11.7 Å². The summed E-state index contributed by atoms with van der Waals surface area (Å²) in [6, 6.07) is 0.958. The molecule has 3 aliphatic rings. The molecule has 0 aromatic carbocycles. The maximum absolute atomic E-state index is 13.8. The number of halogens is 3. The van der Waals surface area contributed by atoms with E-state index in [1.165, 1.54) is 29.7 Å². The molecule has 4 heterocycles. The Bertz CT molecular complexity index is 1250. The second-order valence-corrected chi connectivity index (χ2v) is 9.54. The Morgan fingerprint density at radius 1 is 1.21 bits per heavy atom. The number of amides is 1. The van der Waals surface area contributed by atoms with E-state index in [1.807, 2.05) is 16.5 Å². The smallest absolute Gasteiger partial charge is 0.356 e. The first-order valence-corrected chi connectivity index (χ1v) is 11.4. The van der Waals surface area contributed by atoms with Gasteiger partial charge in [0.1, 0.15) is 5.82 Å². The molecule has 0 spiro atoms. The zero-order valence-electron chi connectivity index (χ0n) is 18.6. The molecule has 0 bridgehead atoms. The lowest BCUT2D eigenvalue weighted by Crippen LogP contribution is -2.27. The first-order chi connectivity index (χ1) is 16.3. The summed E-state index contributed by atoms with van der Waals surface area (Å²) in [6.45, 7) is 1.41. The van der Waals surface area contributed by atoms with Gasteiger partial charge >= 0.3 is 6.18 Å². The van der Waals surface area contributed by atoms with Gasteiger partial charge in [-0.2, -0.15) is 18.3 Å². The summed E-state index contributed by atoms with van der Waals surface area (Å²) in [4.78, 5) is 23.4. The highest BCUT2D eigenvalue weighted by Gasteiger charge is 2.46. The summed E-state index contributed by atoms with van der Waals surface area (Å²) < 4.78 is 44.8. The van der Waals surface area contributed by atoms with Crippen LogP contribution in [0.3, 0.4) is 0 Å². The van der Waals surface area contributed by atoms with Crippen molar-refractivity contribution in [2.45, 2.75) is 38.0 Å². The molecule has 1 saturated carbocycles. The Hall–Kier alpha value is -3.37. The largest absolute Gasteiger partial charge is 0.416 e. The fourth-order valence-corrected chi connectivity index (χ4v) is 5.23. The van der Waals surface area contributed by atoms with Crippen LogP contribution in [-0.2, 0) is 26.2 Å². The molecule has 11 heteroatoms. The molecule has 3 atom stereocenters. The first kappa shape index (κ1) is 21.2. The van der Waals surface area contributed by atoms with Gasteiger partial charge in [-0.15, -0.1) is 0 Å². The lowest BCUT2D eigenvalue weighted by atomic mass is 10.1. The van der Waals surface area contributed by atoms with Gasteiger partial charge in [0.05, 0.1) is 41.9 Å². The van der Waals surface area contributed by atoms with E-state index >= 15 is 0 Å². The molecule has 178 valence electrons. The number of imidazole rings is 1. The van der Waals surface area contributed by atoms with E-state index in [4.69, 9.17) is 0 Å². The van der Waals surface area contributed by atoms with Crippen LogP contribution in [0.5, 0.6) is 0 Å². The minimum absolute atomic E-state index is 0.0181. The van der Waals surface area contributed by atoms with Gasteiger partial charge in [-0.05, 0) is 37.2 Å². The van der Waals surface area contributed by atoms with Crippen molar-refractivity contribution in [3.05, 3.63) is 59.1 Å². The SMILES string of the molecule is Cn1cnc2c1CC[C@H]2NC(=O)c1cnn(Cc2cnc(N3CC4CC4C3)cc2C(F)(F)F)c1. The Morgan fingerprint density at radius 2 is 2.00 bits per heavy atom. The number of piperidine rings is 1. The van der Waals surface area contributed by atoms with Crippen LogP contribution in [0, 0.1) is 11.8 Å². The Balaban J connectivity index is 1.18. The fraction of sp³-hybridized carbons (Fsp3) is 0.478. The lowest BCUT2D eigenvalue weighted by molar-refractivity contribution is -0.138. The van der Waals surface area contributed by atoms with Gasteiger partial charge in [0.25, 0.3) is 5.91 Å². The molecule has 3 aromatic heterocycles. The highest BCUT2D eigenvalue weighted by Crippen LogP contribution is 2.46. The van der Waals surface area contributed by atoms with Crippen LogP contribution in [0.25, 0.3) is 0 Å². The molecule has 6 rings (SSSR count). The van der Waals surface area contributed by atoms with E-state index in [0.717, 1.165) is 43.4 Å². The van der Waals surface area contributed by atoms with Crippen LogP contribution in [0.4, 0.5) is 19.0 Å². The number of rotatable bonds is 5. The Labute approximate surface area is 193 Å². The third-order valence-corrected chi connectivity index (χ3v) is 7.20. The molecule has 2 fully saturated rings. The van der Waals surface area contributed by atoms with Gasteiger partial charge in [-0.25, -0.2) is 9.97 Å². The topological polar surface area (TPSA) is 80.9 Å². The van der Waals surface area contributed by atoms with Crippen molar-refractivity contribution >= 4 is 11.7 Å². The quantitative estimate of drug-likeness (QED) is 0.619. The number of hydrogen-bond donors (Lipinski definition) is 1. The monoisotopic (exact) mass is 471 g/mol. The number of hydrogen-bond acceptors (Lipinski definition) is 5. The van der Waals surface area contributed by atoms with Crippen LogP contribution in [0.2, 0.25) is 0 Å². The molecule has 1 saturated heterocycles. The van der Waals surface area contributed by atoms with Gasteiger partial charge in [0, 0.05) is 43.8 Å². The molecule has 2 aliphatic carbocycles. The van der Waals surface area contributed by atoms with Crippen LogP contribution in [-0.4, -0.2) is 43.3 Å². The lowest BCUT2D eigenvalue weighted by Gasteiger charge is -2.21. The van der Waals surface area contributed by atoms with E-state index in [1.54, 1.807) is 6.33 Å². The van der Waals surface area contributed by atoms with Crippen LogP contribution in [0.1, 0.15) is 51.8 Å². The standard InChI is InChI=1S/C23H24F3N7O/c1-31-12-28-21-18(2-3-19(21)31)30-22(34)16-7-29-33(11-16)10-15-6-27-20(5-17(15)23(24,25)26)32-8-13-4-14(13)9-32/h5-7,11-14,18H,2-4,8-10H2,1H3,(H,30,34)/t13?,14?,18-/m1/s1. The summed E-state index contributed by atoms with van der Waals surface area (Å²) in [7, 11) is 1.92. The third kappa shape index (κ3) is 3.72. The number of fused-ring (bicyclic) bond motifs is 2. The second-order valence-electron chi connectivity index (χ2n) is 9.54. The molecule has 8 nitrogen and oxygen atoms in total. The van der Waals surface area contributed by atoms with Crippen LogP contribution < -0.4 is 10.2 Å². The van der Waals surface area contributed by atoms with Gasteiger partial charge in [0.2, 0.25) is 0 Å². The highest BCUT2D eigenvalue weighted by atomic mass is 19.4. The number of nitrogens with one attached hydrogen (secondary N) is 1. The fourth-order valence-electron chi connectivity index (χ4n) is 5.23. The Kier molecular flexibility index (Phi) is 4.72. The van der Waals surface area contributed by atoms with Crippen molar-refractivity contribution < 1.29 is 18.0 Å². The molecular weight excluding hydrogens is 447 g/mol. The average Bonchev–Trinajstić information content (AvgIpc) is 3.26. The number of carbonyl (C=O) groups excluding carboxylic acids is 1. The first-order valence-electron chi connectivity index (χ1n) is 11.4. The third-order valence-electron chi connectivity index (χ3n) is 7.20. The molecule has 2 unspecified atom stereocenters. The molecule has 3 aromatic rings. The minimum atomic E-state index is -4.51.